The molecule has 3 fully saturated rings. The van der Waals surface area contributed by atoms with Gasteiger partial charge in [-0.2, -0.15) is 0 Å². The molecule has 6 aromatic heterocycles. The molecule has 15 heteroatoms. The van der Waals surface area contributed by atoms with Crippen molar-refractivity contribution < 1.29 is 4.74 Å². The van der Waals surface area contributed by atoms with Gasteiger partial charge in [0.2, 0.25) is 0 Å². The van der Waals surface area contributed by atoms with Gasteiger partial charge in [0.15, 0.2) is 0 Å². The largest absolute Gasteiger partial charge is 0.379 e. The van der Waals surface area contributed by atoms with Gasteiger partial charge in [-0.1, -0.05) is 224 Å². The number of hydrogen-bond acceptors (Lipinski definition) is 14. The summed E-state index contributed by atoms with van der Waals surface area (Å²) in [6, 6.07) is 49.3. The van der Waals surface area contributed by atoms with Crippen molar-refractivity contribution >= 4 is 11.4 Å². The minimum Gasteiger partial charge on any atom is -0.379 e. The number of benzene rings is 2. The summed E-state index contributed by atoms with van der Waals surface area (Å²) in [5.74, 6) is 1.06. The Balaban J connectivity index is -0.000000113. The lowest BCUT2D eigenvalue weighted by Gasteiger charge is -2.28. The van der Waals surface area contributed by atoms with Crippen LogP contribution < -0.4 is 9.80 Å². The lowest BCUT2D eigenvalue weighted by atomic mass is 10.1. The van der Waals surface area contributed by atoms with Crippen LogP contribution in [0.1, 0.15) is 176 Å². The van der Waals surface area contributed by atoms with Gasteiger partial charge in [-0.3, -0.25) is 24.9 Å². The van der Waals surface area contributed by atoms with E-state index in [0.717, 1.165) is 43.5 Å². The van der Waals surface area contributed by atoms with E-state index in [1.165, 1.54) is 82.7 Å². The first kappa shape index (κ1) is 117. The number of morpholine rings is 1. The van der Waals surface area contributed by atoms with Crippen LogP contribution in [0.3, 0.4) is 0 Å². The fraction of sp³-hybridized carbons (Fsp3) is 0.545. The van der Waals surface area contributed by atoms with Gasteiger partial charge in [-0.25, -0.2) is 4.98 Å². The smallest absolute Gasteiger partial charge is 0.105 e. The molecule has 0 saturated carbocycles. The molecule has 0 spiro atoms. The Hall–Kier alpha value is -7.24. The number of aryl methyl sites for hydroxylation is 2. The van der Waals surface area contributed by atoms with E-state index in [0.29, 0.717) is 0 Å². The van der Waals surface area contributed by atoms with Crippen molar-refractivity contribution in [3.63, 3.8) is 0 Å². The topological polar surface area (TPSA) is 114 Å². The Morgan fingerprint density at radius 1 is 0.311 bits per heavy atom. The first-order valence-electron chi connectivity index (χ1n) is 38.7. The highest BCUT2D eigenvalue weighted by molar-refractivity contribution is 5.52. The number of nitrogens with zero attached hydrogens (tertiary/aromatic N) is 14. The van der Waals surface area contributed by atoms with Crippen LogP contribution in [-0.2, 0) is 11.8 Å². The van der Waals surface area contributed by atoms with Crippen LogP contribution in [0.5, 0.6) is 0 Å². The lowest BCUT2D eigenvalue weighted by Crippen LogP contribution is -2.42. The normalized spacial score (nSPS) is 11.4. The number of piperazine rings is 1. The molecular weight excluding hydrogens is 1270 g/mol. The van der Waals surface area contributed by atoms with Crippen LogP contribution in [0, 0.1) is 6.92 Å². The minimum absolute atomic E-state index is 0.913. The van der Waals surface area contributed by atoms with Gasteiger partial charge in [-0.05, 0) is 167 Å². The summed E-state index contributed by atoms with van der Waals surface area (Å²) >= 11 is 0. The highest BCUT2D eigenvalue weighted by Crippen LogP contribution is 2.11. The van der Waals surface area contributed by atoms with Gasteiger partial charge in [-0.15, -0.1) is 0 Å². The number of rotatable bonds is 3. The Bertz CT molecular complexity index is 2220. The van der Waals surface area contributed by atoms with E-state index < -0.39 is 0 Å². The van der Waals surface area contributed by atoms with Crippen molar-refractivity contribution in [3.8, 4) is 11.4 Å². The summed E-state index contributed by atoms with van der Waals surface area (Å²) in [4.78, 5) is 39.3. The van der Waals surface area contributed by atoms with E-state index in [-0.39, 0.29) is 0 Å². The molecule has 0 radical (unpaired) electrons. The Kier molecular flexibility index (Phi) is 120. The molecule has 3 aliphatic rings. The molecule has 0 aliphatic carbocycles. The van der Waals surface area contributed by atoms with Crippen molar-refractivity contribution in [2.45, 2.75) is 178 Å². The van der Waals surface area contributed by atoms with E-state index in [9.17, 15) is 0 Å². The fourth-order valence-electron chi connectivity index (χ4n) is 6.47. The molecule has 15 nitrogen and oxygen atoms in total. The van der Waals surface area contributed by atoms with Crippen molar-refractivity contribution in [1.82, 2.24) is 59.0 Å². The predicted molar refractivity (Wildman–Crippen MR) is 467 cm³/mol. The zero-order valence-electron chi connectivity index (χ0n) is 73.0. The summed E-state index contributed by atoms with van der Waals surface area (Å²) in [5.41, 5.74) is 4.33. The molecule has 103 heavy (non-hydrogen) atoms. The average molecular weight is 1430 g/mol. The van der Waals surface area contributed by atoms with Gasteiger partial charge in [0.05, 0.1) is 24.6 Å². The summed E-state index contributed by atoms with van der Waals surface area (Å²) in [5, 5.41) is 0. The zero-order chi connectivity index (χ0) is 80.8. The van der Waals surface area contributed by atoms with Gasteiger partial charge >= 0.3 is 0 Å². The zero-order valence-corrected chi connectivity index (χ0v) is 73.0. The molecule has 0 N–H and O–H groups in total. The minimum atomic E-state index is 0.913. The molecule has 11 rings (SSSR count). The van der Waals surface area contributed by atoms with Crippen LogP contribution in [0.15, 0.2) is 214 Å². The Morgan fingerprint density at radius 3 is 0.699 bits per heavy atom. The standard InChI is InChI=1S/C10H8N2.2C8H11N.C6H14N2.C6H13N.C5H8N2.C5H11NO.3C5H5N.C3H9N.2C3H8.8C2H6/c1-3-7-11-9(5-1)10-6-2-4-8-12-10;2*1-9(2)8-6-4-3-5-7-8;1-7-3-5-8(2)6-4-7;1-7-5-3-2-4-6-7;1-5-6-3-4-7(5)2;1-6-2-4-7-5-3-6;3*1-2-4-6-5-3-1;1-4(2)3;2*1-3-2;8*1-2/h1-8H;2*3-7H,1-2H3;3-6H2,1-2H3;2-6H2,1H3;3-4H,1-2H3;2-5H2,1H3;3*1-5H;1-3H3;2*3H2,1-2H3;8*1-2H3. The van der Waals surface area contributed by atoms with Crippen molar-refractivity contribution in [2.24, 2.45) is 7.05 Å². The predicted octanol–water partition coefficient (Wildman–Crippen LogP) is 21.8. The van der Waals surface area contributed by atoms with E-state index >= 15 is 0 Å². The molecule has 2 aromatic carbocycles. The molecule has 3 saturated heterocycles. The molecule has 0 atom stereocenters. The number of likely N-dealkylation sites (N-methyl/N-ethyl adjacent to an activating group) is 3. The molecule has 0 bridgehead atoms. The number of hydrogen-bond donors (Lipinski definition) is 0. The Morgan fingerprint density at radius 2 is 0.553 bits per heavy atom. The van der Waals surface area contributed by atoms with Crippen LogP contribution >= 0.6 is 0 Å². The number of imidazole rings is 1. The van der Waals surface area contributed by atoms with Crippen LogP contribution in [0.4, 0.5) is 11.4 Å². The van der Waals surface area contributed by atoms with Crippen molar-refractivity contribution in [3.05, 3.63) is 219 Å². The number of para-hydroxylation sites is 2. The van der Waals surface area contributed by atoms with Gasteiger partial charge < -0.3 is 43.6 Å². The monoisotopic (exact) mass is 1430 g/mol. The van der Waals surface area contributed by atoms with E-state index in [1.54, 1.807) is 55.8 Å². The number of piperidine rings is 1. The SMILES string of the molecule is CC.CC.CC.CC.CC.CC.CC.CC.CCC.CCC.CN(C)C.CN(C)c1ccccc1.CN(C)c1ccccc1.CN1CCCCC1.CN1CCN(C)CC1.CN1CCOCC1.Cc1nccn1C.c1ccc(-c2ccccn2)nc1.c1ccncc1.c1ccncc1.c1ccncc1. The quantitative estimate of drug-likeness (QED) is 0.167. The van der Waals surface area contributed by atoms with Gasteiger partial charge in [0, 0.05) is 148 Å². The Labute approximate surface area is 640 Å². The maximum Gasteiger partial charge on any atom is 0.105 e. The number of aromatic nitrogens is 7. The van der Waals surface area contributed by atoms with E-state index in [1.807, 2.05) is 317 Å². The summed E-state index contributed by atoms with van der Waals surface area (Å²) < 4.78 is 7.07. The van der Waals surface area contributed by atoms with Gasteiger partial charge in [0.1, 0.15) is 5.82 Å². The van der Waals surface area contributed by atoms with Crippen LogP contribution in [0.25, 0.3) is 11.4 Å². The third kappa shape index (κ3) is 99.0. The molecule has 8 aromatic rings. The van der Waals surface area contributed by atoms with Crippen molar-refractivity contribution in [1.29, 1.82) is 0 Å². The average Bonchev–Trinajstić information content (AvgIpc) is 1.50. The fourth-order valence-corrected chi connectivity index (χ4v) is 6.47. The highest BCUT2D eigenvalue weighted by Gasteiger charge is 2.08. The summed E-state index contributed by atoms with van der Waals surface area (Å²) in [7, 11) is 24.8. The number of anilines is 2. The second kappa shape index (κ2) is 106. The second-order valence-corrected chi connectivity index (χ2v) is 21.2. The molecule has 9 heterocycles. The number of ether oxygens (including phenoxy) is 1. The van der Waals surface area contributed by atoms with E-state index in [4.69, 9.17) is 4.74 Å². The lowest BCUT2D eigenvalue weighted by molar-refractivity contribution is 0.0503. The van der Waals surface area contributed by atoms with E-state index in [2.05, 4.69) is 139 Å². The molecular formula is C88H164N14O. The third-order valence-corrected chi connectivity index (χ3v) is 11.4. The van der Waals surface area contributed by atoms with Crippen LogP contribution in [-0.4, -0.2) is 202 Å². The number of pyridine rings is 5. The van der Waals surface area contributed by atoms with Gasteiger partial charge in [0.25, 0.3) is 0 Å². The van der Waals surface area contributed by atoms with Crippen molar-refractivity contribution in [2.75, 3.05) is 153 Å². The second-order valence-electron chi connectivity index (χ2n) is 21.2. The summed E-state index contributed by atoms with van der Waals surface area (Å²) in [6.45, 7) is 54.1. The maximum atomic E-state index is 5.10. The third-order valence-electron chi connectivity index (χ3n) is 11.4. The first-order valence-corrected chi connectivity index (χ1v) is 38.7. The first-order chi connectivity index (χ1) is 50.0. The summed E-state index contributed by atoms with van der Waals surface area (Å²) in [6.07, 6.45) is 24.5. The molecule has 0 amide bonds. The highest BCUT2D eigenvalue weighted by atomic mass is 16.5. The number of likely N-dealkylation sites (tertiary alicyclic amines) is 1. The maximum absolute atomic E-state index is 5.10. The molecule has 592 valence electrons. The van der Waals surface area contributed by atoms with Crippen LogP contribution in [0.2, 0.25) is 0 Å². The molecule has 3 aliphatic heterocycles. The molecule has 0 unspecified atom stereocenters.